The molecule has 6 heteroatoms. The monoisotopic (exact) mass is 308 g/mol. The molecule has 0 aliphatic carbocycles. The van der Waals surface area contributed by atoms with Crippen LogP contribution in [0.1, 0.15) is 21.8 Å². The van der Waals surface area contributed by atoms with Crippen LogP contribution in [0.4, 0.5) is 5.82 Å². The average Bonchev–Trinajstić information content (AvgIpc) is 3.13. The minimum Gasteiger partial charge on any atom is -0.467 e. The quantitative estimate of drug-likeness (QED) is 0.731. The molecule has 0 saturated heterocycles. The van der Waals surface area contributed by atoms with Gasteiger partial charge in [-0.3, -0.25) is 4.79 Å². The van der Waals surface area contributed by atoms with Gasteiger partial charge in [-0.1, -0.05) is 30.3 Å². The van der Waals surface area contributed by atoms with Crippen molar-refractivity contribution in [2.24, 2.45) is 0 Å². The number of nitrogens with one attached hydrogen (secondary N) is 2. The molecule has 1 amide bonds. The number of carbonyl (C=O) groups excluding carboxylic acids is 1. The minimum atomic E-state index is -0.251. The lowest BCUT2D eigenvalue weighted by Gasteiger charge is -2.06. The number of hydrogen-bond donors (Lipinski definition) is 2. The number of benzene rings is 1. The van der Waals surface area contributed by atoms with Crippen molar-refractivity contribution in [2.75, 3.05) is 5.32 Å². The summed E-state index contributed by atoms with van der Waals surface area (Å²) in [5.74, 6) is 1.14. The van der Waals surface area contributed by atoms with E-state index in [0.717, 1.165) is 11.3 Å². The Morgan fingerprint density at radius 1 is 0.957 bits per heavy atom. The van der Waals surface area contributed by atoms with E-state index in [1.165, 1.54) is 0 Å². The highest BCUT2D eigenvalue weighted by Crippen LogP contribution is 2.06. The van der Waals surface area contributed by atoms with Crippen LogP contribution in [-0.2, 0) is 13.1 Å². The van der Waals surface area contributed by atoms with Gasteiger partial charge in [0.25, 0.3) is 5.91 Å². The molecule has 0 spiro atoms. The van der Waals surface area contributed by atoms with E-state index in [1.54, 1.807) is 18.4 Å². The number of nitrogens with zero attached hydrogens (tertiary/aromatic N) is 2. The topological polar surface area (TPSA) is 80.0 Å². The lowest BCUT2D eigenvalue weighted by atomic mass is 10.2. The van der Waals surface area contributed by atoms with Crippen LogP contribution in [0.15, 0.2) is 65.3 Å². The van der Waals surface area contributed by atoms with E-state index in [1.807, 2.05) is 42.5 Å². The zero-order valence-electron chi connectivity index (χ0n) is 12.4. The molecule has 0 unspecified atom stereocenters. The first-order valence-electron chi connectivity index (χ1n) is 7.23. The maximum atomic E-state index is 12.0. The fraction of sp³-hybridized carbons (Fsp3) is 0.118. The Bertz CT molecular complexity index is 740. The van der Waals surface area contributed by atoms with Crippen LogP contribution in [-0.4, -0.2) is 16.1 Å². The van der Waals surface area contributed by atoms with Crippen molar-refractivity contribution in [2.45, 2.75) is 13.1 Å². The summed E-state index contributed by atoms with van der Waals surface area (Å²) in [5, 5.41) is 13.8. The summed E-state index contributed by atoms with van der Waals surface area (Å²) in [5.41, 5.74) is 1.31. The molecule has 3 rings (SSSR count). The third-order valence-corrected chi connectivity index (χ3v) is 3.22. The van der Waals surface area contributed by atoms with E-state index in [4.69, 9.17) is 4.42 Å². The zero-order valence-corrected chi connectivity index (χ0v) is 12.4. The number of hydrogen-bond acceptors (Lipinski definition) is 5. The molecular formula is C17H16N4O2. The Labute approximate surface area is 133 Å². The second-order valence-electron chi connectivity index (χ2n) is 4.91. The largest absolute Gasteiger partial charge is 0.467 e. The van der Waals surface area contributed by atoms with Crippen molar-refractivity contribution >= 4 is 11.7 Å². The molecule has 116 valence electrons. The molecule has 0 aliphatic rings. The van der Waals surface area contributed by atoms with Crippen molar-refractivity contribution in [3.63, 3.8) is 0 Å². The van der Waals surface area contributed by atoms with Crippen molar-refractivity contribution in [3.8, 4) is 0 Å². The minimum absolute atomic E-state index is 0.251. The van der Waals surface area contributed by atoms with Gasteiger partial charge in [0, 0.05) is 6.54 Å². The van der Waals surface area contributed by atoms with Gasteiger partial charge in [0.1, 0.15) is 11.6 Å². The summed E-state index contributed by atoms with van der Waals surface area (Å²) in [7, 11) is 0. The van der Waals surface area contributed by atoms with Gasteiger partial charge in [0.15, 0.2) is 5.69 Å². The van der Waals surface area contributed by atoms with Crippen LogP contribution >= 0.6 is 0 Å². The third-order valence-electron chi connectivity index (χ3n) is 3.22. The molecule has 0 saturated carbocycles. The molecule has 6 nitrogen and oxygen atoms in total. The fourth-order valence-electron chi connectivity index (χ4n) is 2.01. The van der Waals surface area contributed by atoms with E-state index >= 15 is 0 Å². The fourth-order valence-corrected chi connectivity index (χ4v) is 2.01. The Hall–Kier alpha value is -3.15. The van der Waals surface area contributed by atoms with Crippen LogP contribution in [0.5, 0.6) is 0 Å². The van der Waals surface area contributed by atoms with E-state index < -0.39 is 0 Å². The first kappa shape index (κ1) is 14.8. The predicted octanol–water partition coefficient (Wildman–Crippen LogP) is 2.61. The highest BCUT2D eigenvalue weighted by molar-refractivity contribution is 5.92. The number of rotatable bonds is 6. The first-order valence-corrected chi connectivity index (χ1v) is 7.23. The molecule has 0 aliphatic heterocycles. The second kappa shape index (κ2) is 7.22. The third kappa shape index (κ3) is 4.16. The standard InChI is InChI=1S/C17H16N4O2/c22-17(19-11-13-5-2-1-3-6-13)15-8-9-16(21-20-15)18-12-14-7-4-10-23-14/h1-10H,11-12H2,(H,18,21)(H,19,22). The summed E-state index contributed by atoms with van der Waals surface area (Å²) in [6.45, 7) is 0.973. The van der Waals surface area contributed by atoms with Gasteiger partial charge in [-0.2, -0.15) is 0 Å². The lowest BCUT2D eigenvalue weighted by Crippen LogP contribution is -2.24. The lowest BCUT2D eigenvalue weighted by molar-refractivity contribution is 0.0945. The molecule has 3 aromatic rings. The summed E-state index contributed by atoms with van der Waals surface area (Å²) in [6.07, 6.45) is 1.61. The smallest absolute Gasteiger partial charge is 0.272 e. The number of furan rings is 1. The Morgan fingerprint density at radius 3 is 2.52 bits per heavy atom. The van der Waals surface area contributed by atoms with E-state index in [0.29, 0.717) is 18.9 Å². The molecule has 0 atom stereocenters. The average molecular weight is 308 g/mol. The van der Waals surface area contributed by atoms with Gasteiger partial charge in [0.2, 0.25) is 0 Å². The molecule has 0 bridgehead atoms. The molecule has 2 N–H and O–H groups in total. The van der Waals surface area contributed by atoms with Crippen LogP contribution < -0.4 is 10.6 Å². The van der Waals surface area contributed by atoms with E-state index in [9.17, 15) is 4.79 Å². The maximum Gasteiger partial charge on any atom is 0.272 e. The summed E-state index contributed by atoms with van der Waals surface area (Å²) < 4.78 is 5.22. The Kier molecular flexibility index (Phi) is 4.63. The normalized spacial score (nSPS) is 10.3. The molecule has 2 aromatic heterocycles. The molecule has 23 heavy (non-hydrogen) atoms. The molecular weight excluding hydrogens is 292 g/mol. The number of anilines is 1. The van der Waals surface area contributed by atoms with Crippen LogP contribution in [0, 0.1) is 0 Å². The summed E-state index contributed by atoms with van der Waals surface area (Å²) in [4.78, 5) is 12.0. The number of carbonyl (C=O) groups is 1. The van der Waals surface area contributed by atoms with E-state index in [-0.39, 0.29) is 11.6 Å². The molecule has 1 aromatic carbocycles. The summed E-state index contributed by atoms with van der Waals surface area (Å²) >= 11 is 0. The van der Waals surface area contributed by atoms with Gasteiger partial charge >= 0.3 is 0 Å². The van der Waals surface area contributed by atoms with Gasteiger partial charge < -0.3 is 15.1 Å². The highest BCUT2D eigenvalue weighted by atomic mass is 16.3. The number of amides is 1. The van der Waals surface area contributed by atoms with E-state index in [2.05, 4.69) is 20.8 Å². The van der Waals surface area contributed by atoms with Gasteiger partial charge in [0.05, 0.1) is 12.8 Å². The van der Waals surface area contributed by atoms with Crippen LogP contribution in [0.3, 0.4) is 0 Å². The SMILES string of the molecule is O=C(NCc1ccccc1)c1ccc(NCc2ccco2)nn1. The Morgan fingerprint density at radius 2 is 1.83 bits per heavy atom. The van der Waals surface area contributed by atoms with Crippen molar-refractivity contribution in [3.05, 3.63) is 77.9 Å². The maximum absolute atomic E-state index is 12.0. The van der Waals surface area contributed by atoms with Crippen molar-refractivity contribution in [1.29, 1.82) is 0 Å². The predicted molar refractivity (Wildman–Crippen MR) is 85.7 cm³/mol. The Balaban J connectivity index is 1.53. The van der Waals surface area contributed by atoms with Crippen LogP contribution in [0.25, 0.3) is 0 Å². The van der Waals surface area contributed by atoms with Gasteiger partial charge in [-0.05, 0) is 29.8 Å². The van der Waals surface area contributed by atoms with Gasteiger partial charge in [-0.15, -0.1) is 10.2 Å². The number of aromatic nitrogens is 2. The zero-order chi connectivity index (χ0) is 15.9. The van der Waals surface area contributed by atoms with Crippen molar-refractivity contribution in [1.82, 2.24) is 15.5 Å². The second-order valence-corrected chi connectivity index (χ2v) is 4.91. The summed E-state index contributed by atoms with van der Waals surface area (Å²) in [6, 6.07) is 16.7. The van der Waals surface area contributed by atoms with Crippen LogP contribution in [0.2, 0.25) is 0 Å². The van der Waals surface area contributed by atoms with Gasteiger partial charge in [-0.25, -0.2) is 0 Å². The molecule has 0 fully saturated rings. The van der Waals surface area contributed by atoms with Crippen molar-refractivity contribution < 1.29 is 9.21 Å². The molecule has 2 heterocycles. The molecule has 0 radical (unpaired) electrons. The highest BCUT2D eigenvalue weighted by Gasteiger charge is 2.08. The first-order chi connectivity index (χ1) is 11.3.